The normalized spacial score (nSPS) is 11.4. The summed E-state index contributed by atoms with van der Waals surface area (Å²) in [6, 6.07) is 23.0. The fourth-order valence-corrected chi connectivity index (χ4v) is 3.18. The first kappa shape index (κ1) is 19.4. The second-order valence-corrected chi connectivity index (χ2v) is 6.79. The molecule has 1 aromatic heterocycles. The molecular formula is C24H21FN4O. The maximum absolute atomic E-state index is 13.1. The van der Waals surface area contributed by atoms with Crippen LogP contribution in [0.5, 0.6) is 0 Å². The Bertz CT molecular complexity index is 1170. The van der Waals surface area contributed by atoms with Crippen LogP contribution in [0.15, 0.2) is 90.1 Å². The van der Waals surface area contributed by atoms with Gasteiger partial charge in [-0.15, -0.1) is 0 Å². The lowest BCUT2D eigenvalue weighted by Crippen LogP contribution is -2.36. The van der Waals surface area contributed by atoms with E-state index in [0.717, 1.165) is 17.6 Å². The number of para-hydroxylation sites is 2. The standard InChI is InChI=1S/C24H21FN4O/c25-19-12-10-17(11-13-19)23(30)29-24(28-20-6-2-1-3-7-20)26-15-14-18-16-27-22-9-5-4-8-21(18)22/h1-13,16,27H,14-15H2,(H2,26,28,29,30). The highest BCUT2D eigenvalue weighted by Gasteiger charge is 2.10. The predicted molar refractivity (Wildman–Crippen MR) is 118 cm³/mol. The number of aromatic nitrogens is 1. The number of benzene rings is 3. The van der Waals surface area contributed by atoms with Gasteiger partial charge in [-0.25, -0.2) is 4.39 Å². The zero-order valence-corrected chi connectivity index (χ0v) is 16.2. The zero-order valence-electron chi connectivity index (χ0n) is 16.2. The summed E-state index contributed by atoms with van der Waals surface area (Å²) in [7, 11) is 0. The molecule has 0 spiro atoms. The Morgan fingerprint density at radius 1 is 0.933 bits per heavy atom. The Kier molecular flexibility index (Phi) is 5.85. The van der Waals surface area contributed by atoms with Crippen molar-refractivity contribution in [2.24, 2.45) is 4.99 Å². The summed E-state index contributed by atoms with van der Waals surface area (Å²) in [6.45, 7) is 0.487. The van der Waals surface area contributed by atoms with Crippen LogP contribution in [-0.2, 0) is 6.42 Å². The average molecular weight is 400 g/mol. The number of amides is 1. The van der Waals surface area contributed by atoms with Crippen LogP contribution in [0.2, 0.25) is 0 Å². The first-order valence-electron chi connectivity index (χ1n) is 9.67. The number of nitrogens with zero attached hydrogens (tertiary/aromatic N) is 1. The molecule has 3 aromatic carbocycles. The monoisotopic (exact) mass is 400 g/mol. The van der Waals surface area contributed by atoms with E-state index in [1.165, 1.54) is 35.2 Å². The summed E-state index contributed by atoms with van der Waals surface area (Å²) in [5.74, 6) is -0.402. The van der Waals surface area contributed by atoms with Crippen molar-refractivity contribution in [3.63, 3.8) is 0 Å². The van der Waals surface area contributed by atoms with E-state index in [1.54, 1.807) is 0 Å². The first-order valence-corrected chi connectivity index (χ1v) is 9.67. The van der Waals surface area contributed by atoms with Gasteiger partial charge in [-0.3, -0.25) is 15.1 Å². The van der Waals surface area contributed by atoms with Gasteiger partial charge in [0.05, 0.1) is 0 Å². The SMILES string of the molecule is O=C(NC(=NCCc1c[nH]c2ccccc12)Nc1ccccc1)c1ccc(F)cc1. The molecule has 0 aliphatic heterocycles. The van der Waals surface area contributed by atoms with Crippen LogP contribution in [0, 0.1) is 5.82 Å². The van der Waals surface area contributed by atoms with Gasteiger partial charge in [-0.2, -0.15) is 0 Å². The van der Waals surface area contributed by atoms with Gasteiger partial charge in [-0.05, 0) is 54.4 Å². The Morgan fingerprint density at radius 2 is 1.67 bits per heavy atom. The van der Waals surface area contributed by atoms with Crippen molar-refractivity contribution < 1.29 is 9.18 Å². The van der Waals surface area contributed by atoms with Gasteiger partial charge >= 0.3 is 0 Å². The molecule has 0 aliphatic carbocycles. The van der Waals surface area contributed by atoms with Crippen molar-refractivity contribution in [2.75, 3.05) is 11.9 Å². The second-order valence-electron chi connectivity index (χ2n) is 6.79. The van der Waals surface area contributed by atoms with Gasteiger partial charge in [-0.1, -0.05) is 36.4 Å². The number of hydrogen-bond acceptors (Lipinski definition) is 2. The van der Waals surface area contributed by atoms with Gasteiger partial charge in [0.1, 0.15) is 5.82 Å². The first-order chi connectivity index (χ1) is 14.7. The van der Waals surface area contributed by atoms with Gasteiger partial charge < -0.3 is 10.3 Å². The third kappa shape index (κ3) is 4.72. The molecule has 0 unspecified atom stereocenters. The van der Waals surface area contributed by atoms with Crippen molar-refractivity contribution in [2.45, 2.75) is 6.42 Å². The smallest absolute Gasteiger partial charge is 0.257 e. The van der Waals surface area contributed by atoms with Crippen molar-refractivity contribution in [3.05, 3.63) is 102 Å². The van der Waals surface area contributed by atoms with Gasteiger partial charge in [0, 0.05) is 34.9 Å². The lowest BCUT2D eigenvalue weighted by molar-refractivity contribution is 0.0977. The topological polar surface area (TPSA) is 69.3 Å². The number of halogens is 1. The molecule has 0 aliphatic rings. The van der Waals surface area contributed by atoms with Crippen molar-refractivity contribution in [1.82, 2.24) is 10.3 Å². The van der Waals surface area contributed by atoms with E-state index in [2.05, 4.69) is 26.7 Å². The molecular weight excluding hydrogens is 379 g/mol. The van der Waals surface area contributed by atoms with Gasteiger partial charge in [0.2, 0.25) is 5.96 Å². The fraction of sp³-hybridized carbons (Fsp3) is 0.0833. The molecule has 150 valence electrons. The largest absolute Gasteiger partial charge is 0.361 e. The zero-order chi connectivity index (χ0) is 20.8. The van der Waals surface area contributed by atoms with E-state index in [4.69, 9.17) is 0 Å². The summed E-state index contributed by atoms with van der Waals surface area (Å²) in [5, 5.41) is 7.10. The predicted octanol–water partition coefficient (Wildman–Crippen LogP) is 4.75. The maximum atomic E-state index is 13.1. The summed E-state index contributed by atoms with van der Waals surface area (Å²) in [6.07, 6.45) is 2.71. The number of hydrogen-bond donors (Lipinski definition) is 3. The number of aromatic amines is 1. The van der Waals surface area contributed by atoms with Crippen molar-refractivity contribution in [3.8, 4) is 0 Å². The fourth-order valence-electron chi connectivity index (χ4n) is 3.18. The van der Waals surface area contributed by atoms with Crippen LogP contribution in [0.1, 0.15) is 15.9 Å². The Labute approximate surface area is 173 Å². The van der Waals surface area contributed by atoms with E-state index in [9.17, 15) is 9.18 Å². The van der Waals surface area contributed by atoms with Crippen molar-refractivity contribution >= 4 is 28.5 Å². The number of anilines is 1. The molecule has 0 fully saturated rings. The quantitative estimate of drug-likeness (QED) is 0.334. The van der Waals surface area contributed by atoms with Crippen LogP contribution in [-0.4, -0.2) is 23.4 Å². The van der Waals surface area contributed by atoms with Gasteiger partial charge in [0.25, 0.3) is 5.91 Å². The molecule has 0 radical (unpaired) electrons. The summed E-state index contributed by atoms with van der Waals surface area (Å²) >= 11 is 0. The second kappa shape index (κ2) is 9.05. The molecule has 6 heteroatoms. The van der Waals surface area contributed by atoms with Crippen LogP contribution in [0.3, 0.4) is 0 Å². The number of guanidine groups is 1. The number of fused-ring (bicyclic) bond motifs is 1. The molecule has 3 N–H and O–H groups in total. The van der Waals surface area contributed by atoms with E-state index in [-0.39, 0.29) is 11.7 Å². The van der Waals surface area contributed by atoms with E-state index in [0.29, 0.717) is 18.1 Å². The minimum Gasteiger partial charge on any atom is -0.361 e. The third-order valence-electron chi connectivity index (χ3n) is 4.70. The third-order valence-corrected chi connectivity index (χ3v) is 4.70. The highest BCUT2D eigenvalue weighted by molar-refractivity contribution is 6.09. The molecule has 4 aromatic rings. The van der Waals surface area contributed by atoms with E-state index >= 15 is 0 Å². The minimum absolute atomic E-state index is 0.343. The molecule has 1 amide bonds. The highest BCUT2D eigenvalue weighted by Crippen LogP contribution is 2.18. The highest BCUT2D eigenvalue weighted by atomic mass is 19.1. The maximum Gasteiger partial charge on any atom is 0.257 e. The van der Waals surface area contributed by atoms with Crippen LogP contribution < -0.4 is 10.6 Å². The number of carbonyl (C=O) groups excluding carboxylic acids is 1. The lowest BCUT2D eigenvalue weighted by Gasteiger charge is -2.12. The van der Waals surface area contributed by atoms with Crippen molar-refractivity contribution in [1.29, 1.82) is 0 Å². The Balaban J connectivity index is 1.50. The number of aliphatic imine (C=N–C) groups is 1. The minimum atomic E-state index is -0.387. The number of rotatable bonds is 5. The Hall–Kier alpha value is -3.93. The summed E-state index contributed by atoms with van der Waals surface area (Å²) < 4.78 is 13.1. The lowest BCUT2D eigenvalue weighted by atomic mass is 10.1. The van der Waals surface area contributed by atoms with Crippen LogP contribution in [0.4, 0.5) is 10.1 Å². The number of carbonyl (C=O) groups is 1. The molecule has 30 heavy (non-hydrogen) atoms. The molecule has 0 atom stereocenters. The van der Waals surface area contributed by atoms with E-state index in [1.807, 2.05) is 54.7 Å². The van der Waals surface area contributed by atoms with Gasteiger partial charge in [0.15, 0.2) is 0 Å². The molecule has 4 rings (SSSR count). The summed E-state index contributed by atoms with van der Waals surface area (Å²) in [4.78, 5) is 20.4. The average Bonchev–Trinajstić information content (AvgIpc) is 3.18. The number of nitrogens with one attached hydrogen (secondary N) is 3. The molecule has 0 bridgehead atoms. The number of H-pyrrole nitrogens is 1. The van der Waals surface area contributed by atoms with Crippen LogP contribution >= 0.6 is 0 Å². The Morgan fingerprint density at radius 3 is 2.47 bits per heavy atom. The molecule has 0 saturated heterocycles. The molecule has 5 nitrogen and oxygen atoms in total. The van der Waals surface area contributed by atoms with Crippen LogP contribution in [0.25, 0.3) is 10.9 Å². The molecule has 1 heterocycles. The van der Waals surface area contributed by atoms with E-state index < -0.39 is 0 Å². The summed E-state index contributed by atoms with van der Waals surface area (Å²) in [5.41, 5.74) is 3.42. The molecule has 0 saturated carbocycles.